The van der Waals surface area contributed by atoms with Crippen LogP contribution in [0, 0.1) is 0 Å². The van der Waals surface area contributed by atoms with Gasteiger partial charge in [0, 0.05) is 0 Å². The summed E-state index contributed by atoms with van der Waals surface area (Å²) in [6.07, 6.45) is 0. The van der Waals surface area contributed by atoms with Crippen molar-refractivity contribution < 1.29 is 4.79 Å². The van der Waals surface area contributed by atoms with E-state index in [0.29, 0.717) is 10.9 Å². The van der Waals surface area contributed by atoms with Crippen molar-refractivity contribution >= 4 is 16.8 Å². The van der Waals surface area contributed by atoms with Crippen LogP contribution in [0.1, 0.15) is 13.0 Å². The van der Waals surface area contributed by atoms with E-state index < -0.39 is 11.9 Å². The molecule has 0 aliphatic heterocycles. The summed E-state index contributed by atoms with van der Waals surface area (Å²) in [5.41, 5.74) is 2.10. The van der Waals surface area contributed by atoms with Crippen molar-refractivity contribution in [2.75, 3.05) is 0 Å². The minimum atomic E-state index is -0.801. The highest BCUT2D eigenvalue weighted by Gasteiger charge is 2.17. The summed E-state index contributed by atoms with van der Waals surface area (Å²) in [6.45, 7) is 1.52. The van der Waals surface area contributed by atoms with E-state index in [4.69, 9.17) is 5.84 Å². The molecule has 17 heavy (non-hydrogen) atoms. The fraction of sp³-hybridized carbons (Fsp3) is 0.200. The van der Waals surface area contributed by atoms with Crippen LogP contribution in [0.15, 0.2) is 29.1 Å². The number of benzene rings is 1. The predicted molar refractivity (Wildman–Crippen MR) is 60.8 cm³/mol. The van der Waals surface area contributed by atoms with Crippen molar-refractivity contribution in [1.29, 1.82) is 0 Å². The second kappa shape index (κ2) is 4.30. The molecule has 0 saturated carbocycles. The molecule has 1 amide bonds. The molecule has 1 unspecified atom stereocenters. The Bertz CT molecular complexity index is 621. The van der Waals surface area contributed by atoms with Crippen LogP contribution in [0.4, 0.5) is 0 Å². The third-order valence-electron chi connectivity index (χ3n) is 2.48. The fourth-order valence-corrected chi connectivity index (χ4v) is 1.49. The average molecular weight is 233 g/mol. The van der Waals surface area contributed by atoms with Gasteiger partial charge in [0.25, 0.3) is 11.5 Å². The Morgan fingerprint density at radius 2 is 2.18 bits per heavy atom. The summed E-state index contributed by atoms with van der Waals surface area (Å²) in [5, 5.41) is 8.00. The number of carbonyl (C=O) groups excluding carboxylic acids is 1. The van der Waals surface area contributed by atoms with Crippen molar-refractivity contribution in [3.05, 3.63) is 34.6 Å². The first-order chi connectivity index (χ1) is 8.15. The smallest absolute Gasteiger partial charge is 0.278 e. The summed E-state index contributed by atoms with van der Waals surface area (Å²) < 4.78 is 1.00. The van der Waals surface area contributed by atoms with E-state index in [9.17, 15) is 9.59 Å². The summed E-state index contributed by atoms with van der Waals surface area (Å²) >= 11 is 0. The zero-order valence-electron chi connectivity index (χ0n) is 9.12. The van der Waals surface area contributed by atoms with Gasteiger partial charge in [-0.05, 0) is 19.1 Å². The maximum atomic E-state index is 12.0. The van der Waals surface area contributed by atoms with Crippen LogP contribution in [-0.2, 0) is 4.79 Å². The highest BCUT2D eigenvalue weighted by molar-refractivity contribution is 5.80. The van der Waals surface area contributed by atoms with Gasteiger partial charge in [-0.2, -0.15) is 4.68 Å². The third kappa shape index (κ3) is 1.87. The molecular weight excluding hydrogens is 222 g/mol. The number of amides is 1. The lowest BCUT2D eigenvalue weighted by Crippen LogP contribution is -2.40. The SMILES string of the molecule is CC(C(=O)NN)n1nnc2ccccc2c1=O. The summed E-state index contributed by atoms with van der Waals surface area (Å²) in [6, 6.07) is 6.00. The number of nitrogens with one attached hydrogen (secondary N) is 1. The number of hydrogen-bond acceptors (Lipinski definition) is 5. The van der Waals surface area contributed by atoms with Crippen LogP contribution in [0.25, 0.3) is 10.9 Å². The van der Waals surface area contributed by atoms with Gasteiger partial charge in [-0.15, -0.1) is 5.10 Å². The zero-order valence-corrected chi connectivity index (χ0v) is 9.12. The second-order valence-corrected chi connectivity index (χ2v) is 3.54. The van der Waals surface area contributed by atoms with Crippen LogP contribution >= 0.6 is 0 Å². The van der Waals surface area contributed by atoms with Crippen molar-refractivity contribution in [3.8, 4) is 0 Å². The van der Waals surface area contributed by atoms with Gasteiger partial charge in [0.05, 0.1) is 5.39 Å². The number of nitrogens with zero attached hydrogens (tertiary/aromatic N) is 3. The van der Waals surface area contributed by atoms with E-state index in [1.807, 2.05) is 5.43 Å². The highest BCUT2D eigenvalue weighted by atomic mass is 16.2. The lowest BCUT2D eigenvalue weighted by atomic mass is 10.2. The van der Waals surface area contributed by atoms with Gasteiger partial charge >= 0.3 is 0 Å². The first-order valence-electron chi connectivity index (χ1n) is 5.00. The Labute approximate surface area is 96.2 Å². The van der Waals surface area contributed by atoms with Gasteiger partial charge in [-0.25, -0.2) is 5.84 Å². The van der Waals surface area contributed by atoms with E-state index in [1.165, 1.54) is 6.92 Å². The number of nitrogens with two attached hydrogens (primary N) is 1. The minimum Gasteiger partial charge on any atom is -0.292 e. The van der Waals surface area contributed by atoms with Crippen LogP contribution in [0.3, 0.4) is 0 Å². The lowest BCUT2D eigenvalue weighted by molar-refractivity contribution is -0.124. The minimum absolute atomic E-state index is 0.369. The quantitative estimate of drug-likeness (QED) is 0.407. The molecule has 0 bridgehead atoms. The topological polar surface area (TPSA) is 103 Å². The molecule has 0 saturated heterocycles. The average Bonchev–Trinajstić information content (AvgIpc) is 2.38. The zero-order chi connectivity index (χ0) is 12.4. The maximum absolute atomic E-state index is 12.0. The molecular formula is C10H11N5O2. The van der Waals surface area contributed by atoms with Crippen molar-refractivity contribution in [3.63, 3.8) is 0 Å². The maximum Gasteiger partial charge on any atom is 0.278 e. The molecule has 3 N–H and O–H groups in total. The van der Waals surface area contributed by atoms with Gasteiger partial charge in [0.15, 0.2) is 0 Å². The number of aromatic nitrogens is 3. The molecule has 0 fully saturated rings. The number of fused-ring (bicyclic) bond motifs is 1. The van der Waals surface area contributed by atoms with Crippen molar-refractivity contribution in [2.24, 2.45) is 5.84 Å². The highest BCUT2D eigenvalue weighted by Crippen LogP contribution is 2.06. The van der Waals surface area contributed by atoms with Gasteiger partial charge in [-0.1, -0.05) is 17.3 Å². The summed E-state index contributed by atoms with van der Waals surface area (Å²) in [5.74, 6) is 4.51. The standard InChI is InChI=1S/C10H11N5O2/c1-6(9(16)12-11)15-10(17)7-4-2-3-5-8(7)13-14-15/h2-6H,11H2,1H3,(H,12,16). The van der Waals surface area contributed by atoms with E-state index in [2.05, 4.69) is 10.3 Å². The van der Waals surface area contributed by atoms with Gasteiger partial charge in [0.1, 0.15) is 11.6 Å². The fourth-order valence-electron chi connectivity index (χ4n) is 1.49. The molecule has 0 aliphatic carbocycles. The van der Waals surface area contributed by atoms with Crippen LogP contribution in [-0.4, -0.2) is 20.9 Å². The Morgan fingerprint density at radius 1 is 1.47 bits per heavy atom. The van der Waals surface area contributed by atoms with Crippen molar-refractivity contribution in [2.45, 2.75) is 13.0 Å². The van der Waals surface area contributed by atoms with Gasteiger partial charge in [-0.3, -0.25) is 15.0 Å². The second-order valence-electron chi connectivity index (χ2n) is 3.54. The first kappa shape index (κ1) is 11.2. The summed E-state index contributed by atoms with van der Waals surface area (Å²) in [7, 11) is 0. The molecule has 1 heterocycles. The number of hydrazine groups is 1. The van der Waals surface area contributed by atoms with E-state index in [-0.39, 0.29) is 5.56 Å². The monoisotopic (exact) mass is 233 g/mol. The largest absolute Gasteiger partial charge is 0.292 e. The number of rotatable bonds is 2. The van der Waals surface area contributed by atoms with Gasteiger partial charge in [0.2, 0.25) is 0 Å². The number of carbonyl (C=O) groups is 1. The van der Waals surface area contributed by atoms with Gasteiger partial charge < -0.3 is 0 Å². The molecule has 2 rings (SSSR count). The molecule has 2 aromatic rings. The molecule has 88 valence electrons. The Balaban J connectivity index is 2.61. The van der Waals surface area contributed by atoms with Crippen molar-refractivity contribution in [1.82, 2.24) is 20.4 Å². The Hall–Kier alpha value is -2.28. The van der Waals surface area contributed by atoms with E-state index >= 15 is 0 Å². The predicted octanol–water partition coefficient (Wildman–Crippen LogP) is -0.658. The van der Waals surface area contributed by atoms with Crippen LogP contribution in [0.2, 0.25) is 0 Å². The van der Waals surface area contributed by atoms with E-state index in [1.54, 1.807) is 24.3 Å². The molecule has 0 aliphatic rings. The lowest BCUT2D eigenvalue weighted by Gasteiger charge is -2.11. The molecule has 1 atom stereocenters. The third-order valence-corrected chi connectivity index (χ3v) is 2.48. The van der Waals surface area contributed by atoms with E-state index in [0.717, 1.165) is 4.68 Å². The molecule has 1 aromatic carbocycles. The molecule has 0 radical (unpaired) electrons. The first-order valence-corrected chi connectivity index (χ1v) is 5.00. The summed E-state index contributed by atoms with van der Waals surface area (Å²) in [4.78, 5) is 23.4. The molecule has 7 nitrogen and oxygen atoms in total. The normalized spacial score (nSPS) is 12.4. The Morgan fingerprint density at radius 3 is 2.88 bits per heavy atom. The molecule has 0 spiro atoms. The number of hydrogen-bond donors (Lipinski definition) is 2. The molecule has 1 aromatic heterocycles. The van der Waals surface area contributed by atoms with Crippen LogP contribution < -0.4 is 16.8 Å². The Kier molecular flexibility index (Phi) is 2.84. The molecule has 7 heteroatoms. The van der Waals surface area contributed by atoms with Crippen LogP contribution in [0.5, 0.6) is 0 Å².